The lowest BCUT2D eigenvalue weighted by Gasteiger charge is -2.08. The van der Waals surface area contributed by atoms with Gasteiger partial charge in [-0.1, -0.05) is 32.0 Å². The molecule has 0 amide bonds. The number of hydrogen-bond donors (Lipinski definition) is 1. The lowest BCUT2D eigenvalue weighted by molar-refractivity contribution is 0.308. The first-order valence-corrected chi connectivity index (χ1v) is 7.42. The highest BCUT2D eigenvalue weighted by molar-refractivity contribution is 7.80. The number of rotatable bonds is 6. The molecule has 0 aliphatic rings. The fourth-order valence-corrected chi connectivity index (χ4v) is 2.22. The lowest BCUT2D eigenvalue weighted by atomic mass is 10.3. The maximum absolute atomic E-state index is 5.85. The van der Waals surface area contributed by atoms with Gasteiger partial charge < -0.3 is 10.1 Å². The van der Waals surface area contributed by atoms with Crippen LogP contribution in [0.5, 0.6) is 5.75 Å². The normalized spacial score (nSPS) is 10.8. The molecule has 0 aromatic carbocycles. The summed E-state index contributed by atoms with van der Waals surface area (Å²) in [5.74, 6) is 1.73. The summed E-state index contributed by atoms with van der Waals surface area (Å²) in [4.78, 5) is 5.31. The lowest BCUT2D eigenvalue weighted by Crippen LogP contribution is -2.07. The Kier molecular flexibility index (Phi) is 4.95. The third-order valence-electron chi connectivity index (χ3n) is 3.09. The Morgan fingerprint density at radius 2 is 2.25 bits per heavy atom. The third kappa shape index (κ3) is 3.28. The van der Waals surface area contributed by atoms with E-state index in [9.17, 15) is 0 Å². The Labute approximate surface area is 125 Å². The van der Waals surface area contributed by atoms with E-state index in [1.807, 2.05) is 36.6 Å². The van der Waals surface area contributed by atoms with Crippen molar-refractivity contribution in [1.82, 2.24) is 9.38 Å². The van der Waals surface area contributed by atoms with Crippen LogP contribution >= 0.6 is 12.2 Å². The van der Waals surface area contributed by atoms with E-state index >= 15 is 0 Å². The van der Waals surface area contributed by atoms with E-state index in [-0.39, 0.29) is 0 Å². The molecule has 0 atom stereocenters. The Hall–Kier alpha value is -1.62. The number of unbranched alkanes of at least 4 members (excludes halogenated alkanes) is 2. The Bertz CT molecular complexity index is 606. The minimum absolute atomic E-state index is 0.726. The molecule has 1 N–H and O–H groups in total. The number of pyridine rings is 1. The summed E-state index contributed by atoms with van der Waals surface area (Å²) < 4.78 is 7.84. The van der Waals surface area contributed by atoms with Crippen LogP contribution in [0.1, 0.15) is 38.8 Å². The largest absolute Gasteiger partial charge is 0.490 e. The number of fused-ring (bicyclic) bond motifs is 1. The summed E-state index contributed by atoms with van der Waals surface area (Å²) in [5, 5.41) is 3.18. The van der Waals surface area contributed by atoms with Crippen LogP contribution in [0.2, 0.25) is 0 Å². The van der Waals surface area contributed by atoms with Crippen molar-refractivity contribution in [3.63, 3.8) is 0 Å². The van der Waals surface area contributed by atoms with Gasteiger partial charge in [0.05, 0.1) is 17.3 Å². The standard InChI is InChI=1S/C15H21N3OS/c1-4-5-6-10-19-13-8-7-9-18-14(17-12(3)20)11(2)16-15(13)18/h7-9H,4-6,10H2,1-3H3,(H,17,20). The van der Waals surface area contributed by atoms with E-state index in [2.05, 4.69) is 17.2 Å². The van der Waals surface area contributed by atoms with Crippen LogP contribution in [-0.4, -0.2) is 21.0 Å². The monoisotopic (exact) mass is 291 g/mol. The summed E-state index contributed by atoms with van der Waals surface area (Å²) in [6, 6.07) is 3.93. The maximum Gasteiger partial charge on any atom is 0.181 e. The molecule has 2 aromatic rings. The van der Waals surface area contributed by atoms with Crippen LogP contribution < -0.4 is 10.1 Å². The smallest absolute Gasteiger partial charge is 0.181 e. The van der Waals surface area contributed by atoms with Crippen molar-refractivity contribution in [3.8, 4) is 5.75 Å². The Morgan fingerprint density at radius 3 is 2.95 bits per heavy atom. The number of imidazole rings is 1. The topological polar surface area (TPSA) is 38.6 Å². The maximum atomic E-state index is 5.85. The number of aromatic nitrogens is 2. The molecule has 2 heterocycles. The predicted octanol–water partition coefficient (Wildman–Crippen LogP) is 3.97. The Balaban J connectivity index is 2.26. The molecule has 2 aromatic heterocycles. The van der Waals surface area contributed by atoms with Crippen molar-refractivity contribution < 1.29 is 4.74 Å². The first-order chi connectivity index (χ1) is 9.63. The van der Waals surface area contributed by atoms with Gasteiger partial charge in [0.15, 0.2) is 11.4 Å². The fourth-order valence-electron chi connectivity index (χ4n) is 2.12. The van der Waals surface area contributed by atoms with Crippen LogP contribution in [-0.2, 0) is 0 Å². The van der Waals surface area contributed by atoms with Crippen molar-refractivity contribution in [3.05, 3.63) is 24.0 Å². The molecule has 5 heteroatoms. The highest BCUT2D eigenvalue weighted by atomic mass is 32.1. The zero-order valence-corrected chi connectivity index (χ0v) is 13.1. The van der Waals surface area contributed by atoms with Gasteiger partial charge in [0.1, 0.15) is 5.82 Å². The average molecular weight is 291 g/mol. The van der Waals surface area contributed by atoms with Gasteiger partial charge in [-0.3, -0.25) is 4.40 Å². The second-order valence-electron chi connectivity index (χ2n) is 4.85. The van der Waals surface area contributed by atoms with Crippen molar-refractivity contribution in [2.75, 3.05) is 11.9 Å². The first kappa shape index (κ1) is 14.8. The molecule has 0 spiro atoms. The summed E-state index contributed by atoms with van der Waals surface area (Å²) in [6.45, 7) is 6.74. The van der Waals surface area contributed by atoms with E-state index in [1.54, 1.807) is 0 Å². The molecular formula is C15H21N3OS. The second kappa shape index (κ2) is 6.70. The number of anilines is 1. The zero-order chi connectivity index (χ0) is 14.5. The van der Waals surface area contributed by atoms with E-state index in [0.29, 0.717) is 0 Å². The van der Waals surface area contributed by atoms with Gasteiger partial charge in [-0.2, -0.15) is 0 Å². The van der Waals surface area contributed by atoms with Gasteiger partial charge >= 0.3 is 0 Å². The van der Waals surface area contributed by atoms with Gasteiger partial charge in [-0.05, 0) is 32.4 Å². The van der Waals surface area contributed by atoms with E-state index in [0.717, 1.165) is 40.9 Å². The highest BCUT2D eigenvalue weighted by Gasteiger charge is 2.12. The quantitative estimate of drug-likeness (QED) is 0.645. The fraction of sp³-hybridized carbons (Fsp3) is 0.467. The summed E-state index contributed by atoms with van der Waals surface area (Å²) in [7, 11) is 0. The number of aryl methyl sites for hydroxylation is 1. The molecule has 0 aliphatic carbocycles. The molecular weight excluding hydrogens is 270 g/mol. The van der Waals surface area contributed by atoms with E-state index < -0.39 is 0 Å². The van der Waals surface area contributed by atoms with Crippen LogP contribution in [0.25, 0.3) is 5.65 Å². The van der Waals surface area contributed by atoms with Crippen molar-refractivity contribution >= 4 is 28.7 Å². The predicted molar refractivity (Wildman–Crippen MR) is 86.8 cm³/mol. The van der Waals surface area contributed by atoms with E-state index in [1.165, 1.54) is 12.8 Å². The van der Waals surface area contributed by atoms with Crippen molar-refractivity contribution in [2.45, 2.75) is 40.0 Å². The van der Waals surface area contributed by atoms with Crippen molar-refractivity contribution in [1.29, 1.82) is 0 Å². The summed E-state index contributed by atoms with van der Waals surface area (Å²) in [5.41, 5.74) is 1.75. The van der Waals surface area contributed by atoms with Gasteiger partial charge in [-0.25, -0.2) is 4.98 Å². The summed E-state index contributed by atoms with van der Waals surface area (Å²) >= 11 is 5.11. The molecule has 0 saturated heterocycles. The molecule has 0 aliphatic heterocycles. The van der Waals surface area contributed by atoms with Gasteiger partial charge in [-0.15, -0.1) is 0 Å². The number of nitrogens with zero attached hydrogens (tertiary/aromatic N) is 2. The SMILES string of the molecule is CCCCCOc1cccn2c(NC(C)=S)c(C)nc12. The molecule has 0 unspecified atom stereocenters. The van der Waals surface area contributed by atoms with Crippen molar-refractivity contribution in [2.24, 2.45) is 0 Å². The van der Waals surface area contributed by atoms with Gasteiger partial charge in [0.25, 0.3) is 0 Å². The molecule has 0 radical (unpaired) electrons. The minimum atomic E-state index is 0.726. The second-order valence-corrected chi connectivity index (χ2v) is 5.46. The van der Waals surface area contributed by atoms with Crippen LogP contribution in [0, 0.1) is 6.92 Å². The number of hydrogen-bond acceptors (Lipinski definition) is 3. The zero-order valence-electron chi connectivity index (χ0n) is 12.3. The third-order valence-corrected chi connectivity index (χ3v) is 3.19. The first-order valence-electron chi connectivity index (χ1n) is 7.01. The molecule has 108 valence electrons. The molecule has 20 heavy (non-hydrogen) atoms. The number of nitrogens with one attached hydrogen (secondary N) is 1. The van der Waals surface area contributed by atoms with Gasteiger partial charge in [0.2, 0.25) is 0 Å². The van der Waals surface area contributed by atoms with E-state index in [4.69, 9.17) is 17.0 Å². The number of thiocarbonyl (C=S) groups is 1. The highest BCUT2D eigenvalue weighted by Crippen LogP contribution is 2.25. The van der Waals surface area contributed by atoms with Crippen LogP contribution in [0.3, 0.4) is 0 Å². The molecule has 4 nitrogen and oxygen atoms in total. The van der Waals surface area contributed by atoms with Crippen LogP contribution in [0.4, 0.5) is 5.82 Å². The Morgan fingerprint density at radius 1 is 1.45 bits per heavy atom. The molecule has 0 saturated carbocycles. The average Bonchev–Trinajstić information content (AvgIpc) is 2.72. The molecule has 0 bridgehead atoms. The minimum Gasteiger partial charge on any atom is -0.490 e. The van der Waals surface area contributed by atoms with Crippen LogP contribution in [0.15, 0.2) is 18.3 Å². The molecule has 2 rings (SSSR count). The number of ether oxygens (including phenoxy) is 1. The van der Waals surface area contributed by atoms with Gasteiger partial charge in [0, 0.05) is 6.20 Å². The summed E-state index contributed by atoms with van der Waals surface area (Å²) in [6.07, 6.45) is 5.42. The molecule has 0 fully saturated rings.